The zero-order chi connectivity index (χ0) is 16.2. The number of halogens is 2. The molecular formula is C16H18F2N4O. The van der Waals surface area contributed by atoms with Crippen molar-refractivity contribution in [2.75, 3.05) is 23.8 Å². The van der Waals surface area contributed by atoms with Crippen molar-refractivity contribution in [1.29, 1.82) is 0 Å². The van der Waals surface area contributed by atoms with E-state index in [0.29, 0.717) is 30.6 Å². The fourth-order valence-electron chi connectivity index (χ4n) is 2.21. The predicted molar refractivity (Wildman–Crippen MR) is 83.8 cm³/mol. The lowest BCUT2D eigenvalue weighted by Gasteiger charge is -2.11. The van der Waals surface area contributed by atoms with Gasteiger partial charge in [-0.05, 0) is 31.4 Å². The molecular weight excluding hydrogens is 302 g/mol. The smallest absolute Gasteiger partial charge is 0.224 e. The molecule has 2 aromatic rings. The molecule has 1 heterocycles. The van der Waals surface area contributed by atoms with Crippen molar-refractivity contribution in [2.45, 2.75) is 25.2 Å². The Kier molecular flexibility index (Phi) is 4.66. The first kappa shape index (κ1) is 15.6. The van der Waals surface area contributed by atoms with Gasteiger partial charge in [-0.15, -0.1) is 0 Å². The van der Waals surface area contributed by atoms with Gasteiger partial charge in [0.05, 0.1) is 11.4 Å². The lowest BCUT2D eigenvalue weighted by Crippen LogP contribution is -2.09. The Morgan fingerprint density at radius 1 is 1.17 bits per heavy atom. The van der Waals surface area contributed by atoms with E-state index < -0.39 is 11.6 Å². The summed E-state index contributed by atoms with van der Waals surface area (Å²) < 4.78 is 26.7. The van der Waals surface area contributed by atoms with E-state index in [9.17, 15) is 8.78 Å². The van der Waals surface area contributed by atoms with E-state index in [1.165, 1.54) is 12.1 Å². The first-order valence-corrected chi connectivity index (χ1v) is 7.61. The highest BCUT2D eigenvalue weighted by Gasteiger charge is 2.26. The predicted octanol–water partition coefficient (Wildman–Crippen LogP) is 3.17. The molecule has 1 aliphatic rings. The molecule has 0 unspecified atom stereocenters. The second kappa shape index (κ2) is 6.87. The number of anilines is 3. The number of aliphatic hydroxyl groups is 1. The average Bonchev–Trinajstić information content (AvgIpc) is 3.35. The van der Waals surface area contributed by atoms with Gasteiger partial charge in [-0.2, -0.15) is 4.98 Å². The maximum Gasteiger partial charge on any atom is 0.224 e. The van der Waals surface area contributed by atoms with E-state index in [2.05, 4.69) is 20.6 Å². The average molecular weight is 320 g/mol. The third kappa shape index (κ3) is 4.13. The minimum atomic E-state index is -0.675. The first-order chi connectivity index (χ1) is 11.2. The molecule has 0 bridgehead atoms. The summed E-state index contributed by atoms with van der Waals surface area (Å²) in [6.07, 6.45) is 2.75. The minimum Gasteiger partial charge on any atom is -0.396 e. The highest BCUT2D eigenvalue weighted by atomic mass is 19.1. The van der Waals surface area contributed by atoms with Gasteiger partial charge in [0.15, 0.2) is 0 Å². The third-order valence-electron chi connectivity index (χ3n) is 3.55. The molecule has 1 saturated carbocycles. The highest BCUT2D eigenvalue weighted by molar-refractivity contribution is 5.58. The summed E-state index contributed by atoms with van der Waals surface area (Å²) in [6.45, 7) is 0.635. The maximum absolute atomic E-state index is 13.8. The fraction of sp³-hybridized carbons (Fsp3) is 0.375. The molecule has 0 saturated heterocycles. The Bertz CT molecular complexity index is 692. The summed E-state index contributed by atoms with van der Waals surface area (Å²) in [7, 11) is 0. The molecule has 0 spiro atoms. The van der Waals surface area contributed by atoms with Gasteiger partial charge in [0.25, 0.3) is 0 Å². The van der Waals surface area contributed by atoms with Crippen LogP contribution in [0.5, 0.6) is 0 Å². The van der Waals surface area contributed by atoms with Crippen molar-refractivity contribution < 1.29 is 13.9 Å². The van der Waals surface area contributed by atoms with Crippen molar-refractivity contribution in [3.05, 3.63) is 41.6 Å². The molecule has 23 heavy (non-hydrogen) atoms. The molecule has 1 aromatic carbocycles. The number of hydrogen-bond donors (Lipinski definition) is 3. The Hall–Kier alpha value is -2.28. The number of rotatable bonds is 7. The van der Waals surface area contributed by atoms with Gasteiger partial charge in [0.1, 0.15) is 17.5 Å². The topological polar surface area (TPSA) is 70.1 Å². The van der Waals surface area contributed by atoms with Crippen molar-refractivity contribution in [2.24, 2.45) is 0 Å². The van der Waals surface area contributed by atoms with Gasteiger partial charge in [-0.25, -0.2) is 13.8 Å². The van der Waals surface area contributed by atoms with Crippen LogP contribution < -0.4 is 10.6 Å². The summed E-state index contributed by atoms with van der Waals surface area (Å²) in [5, 5.41) is 14.7. The number of nitrogens with zero attached hydrogens (tertiary/aromatic N) is 2. The quantitative estimate of drug-likeness (QED) is 0.684. The van der Waals surface area contributed by atoms with Gasteiger partial charge in [-0.1, -0.05) is 0 Å². The molecule has 3 rings (SSSR count). The van der Waals surface area contributed by atoms with Crippen LogP contribution >= 0.6 is 0 Å². The number of nitrogens with one attached hydrogen (secondary N) is 2. The van der Waals surface area contributed by atoms with Crippen molar-refractivity contribution in [3.63, 3.8) is 0 Å². The summed E-state index contributed by atoms with van der Waals surface area (Å²) in [4.78, 5) is 8.75. The Morgan fingerprint density at radius 3 is 2.70 bits per heavy atom. The molecule has 5 nitrogen and oxygen atoms in total. The van der Waals surface area contributed by atoms with Crippen LogP contribution in [0.2, 0.25) is 0 Å². The largest absolute Gasteiger partial charge is 0.396 e. The molecule has 0 aliphatic heterocycles. The first-order valence-electron chi connectivity index (χ1n) is 7.61. The van der Waals surface area contributed by atoms with Crippen LogP contribution in [0.1, 0.15) is 30.9 Å². The van der Waals surface area contributed by atoms with Gasteiger partial charge in [0, 0.05) is 31.2 Å². The van der Waals surface area contributed by atoms with E-state index in [-0.39, 0.29) is 12.3 Å². The van der Waals surface area contributed by atoms with Crippen LogP contribution in [0.3, 0.4) is 0 Å². The molecule has 7 heteroatoms. The number of aliphatic hydroxyl groups excluding tert-OH is 1. The lowest BCUT2D eigenvalue weighted by molar-refractivity contribution is 0.292. The van der Waals surface area contributed by atoms with Crippen LogP contribution in [-0.2, 0) is 0 Å². The molecule has 0 amide bonds. The summed E-state index contributed by atoms with van der Waals surface area (Å²) in [5.41, 5.74) is 1.06. The van der Waals surface area contributed by atoms with Crippen LogP contribution in [0.4, 0.5) is 26.2 Å². The second-order valence-corrected chi connectivity index (χ2v) is 5.53. The van der Waals surface area contributed by atoms with E-state index in [1.807, 2.05) is 0 Å². The summed E-state index contributed by atoms with van der Waals surface area (Å²) in [5.74, 6) is 0.00826. The lowest BCUT2D eigenvalue weighted by atomic mass is 10.2. The van der Waals surface area contributed by atoms with E-state index in [0.717, 1.165) is 24.6 Å². The van der Waals surface area contributed by atoms with Crippen LogP contribution in [0.25, 0.3) is 0 Å². The van der Waals surface area contributed by atoms with Crippen LogP contribution in [0.15, 0.2) is 24.3 Å². The maximum atomic E-state index is 13.8. The zero-order valence-electron chi connectivity index (χ0n) is 12.5. The molecule has 122 valence electrons. The van der Waals surface area contributed by atoms with Crippen molar-refractivity contribution in [3.8, 4) is 0 Å². The molecule has 1 fully saturated rings. The van der Waals surface area contributed by atoms with Gasteiger partial charge in [-0.3, -0.25) is 0 Å². The SMILES string of the molecule is OCCCNc1nc(Nc2ccc(F)cc2F)cc(C2CC2)n1. The van der Waals surface area contributed by atoms with Gasteiger partial charge in [0.2, 0.25) is 5.95 Å². The van der Waals surface area contributed by atoms with E-state index in [1.54, 1.807) is 6.07 Å². The highest BCUT2D eigenvalue weighted by Crippen LogP contribution is 2.40. The molecule has 3 N–H and O–H groups in total. The molecule has 0 atom stereocenters. The molecule has 0 radical (unpaired) electrons. The number of hydrogen-bond acceptors (Lipinski definition) is 5. The normalized spacial score (nSPS) is 13.9. The summed E-state index contributed by atoms with van der Waals surface area (Å²) >= 11 is 0. The van der Waals surface area contributed by atoms with E-state index >= 15 is 0 Å². The van der Waals surface area contributed by atoms with E-state index in [4.69, 9.17) is 5.11 Å². The number of aromatic nitrogens is 2. The Balaban J connectivity index is 1.82. The Labute approximate surface area is 132 Å². The minimum absolute atomic E-state index is 0.0845. The Morgan fingerprint density at radius 2 is 2.00 bits per heavy atom. The van der Waals surface area contributed by atoms with Crippen LogP contribution in [-0.4, -0.2) is 28.2 Å². The van der Waals surface area contributed by atoms with Crippen molar-refractivity contribution >= 4 is 17.5 Å². The van der Waals surface area contributed by atoms with Gasteiger partial charge >= 0.3 is 0 Å². The zero-order valence-corrected chi connectivity index (χ0v) is 12.5. The van der Waals surface area contributed by atoms with Gasteiger partial charge < -0.3 is 15.7 Å². The standard InChI is InChI=1S/C16H18F2N4O/c17-11-4-5-13(12(18)8-11)20-15-9-14(10-2-3-10)21-16(22-15)19-6-1-7-23/h4-5,8-10,23H,1-3,6-7H2,(H2,19,20,21,22). The number of benzene rings is 1. The molecule has 1 aliphatic carbocycles. The third-order valence-corrected chi connectivity index (χ3v) is 3.55. The second-order valence-electron chi connectivity index (χ2n) is 5.53. The monoisotopic (exact) mass is 320 g/mol. The fourth-order valence-corrected chi connectivity index (χ4v) is 2.21. The van der Waals surface area contributed by atoms with Crippen LogP contribution in [0, 0.1) is 11.6 Å². The summed E-state index contributed by atoms with van der Waals surface area (Å²) in [6, 6.07) is 5.14. The molecule has 1 aromatic heterocycles. The van der Waals surface area contributed by atoms with Crippen molar-refractivity contribution in [1.82, 2.24) is 9.97 Å².